The highest BCUT2D eigenvalue weighted by atomic mass is 19.1. The molecule has 0 aliphatic heterocycles. The largest absolute Gasteiger partial charge is 0.326 e. The molecular weight excluding hydrogens is 273 g/mol. The lowest BCUT2D eigenvalue weighted by Gasteiger charge is -2.08. The van der Waals surface area contributed by atoms with Gasteiger partial charge in [-0.3, -0.25) is 4.79 Å². The quantitative estimate of drug-likeness (QED) is 0.809. The highest BCUT2D eigenvalue weighted by Gasteiger charge is 2.03. The average molecular weight is 287 g/mol. The Kier molecular flexibility index (Phi) is 4.50. The number of carbonyl (C=O) groups is 2. The van der Waals surface area contributed by atoms with E-state index in [4.69, 9.17) is 0 Å². The monoisotopic (exact) mass is 287 g/mol. The van der Waals surface area contributed by atoms with Gasteiger partial charge in [0.05, 0.1) is 0 Å². The summed E-state index contributed by atoms with van der Waals surface area (Å²) in [6.07, 6.45) is 0. The molecule has 0 atom stereocenters. The smallest absolute Gasteiger partial charge is 0.323 e. The topological polar surface area (TPSA) is 70.2 Å². The molecule has 0 saturated carbocycles. The lowest BCUT2D eigenvalue weighted by atomic mass is 10.3. The molecule has 3 amide bonds. The zero-order valence-corrected chi connectivity index (χ0v) is 11.3. The number of amides is 3. The van der Waals surface area contributed by atoms with Gasteiger partial charge in [-0.2, -0.15) is 0 Å². The van der Waals surface area contributed by atoms with Gasteiger partial charge in [0.25, 0.3) is 0 Å². The minimum Gasteiger partial charge on any atom is -0.326 e. The lowest BCUT2D eigenvalue weighted by molar-refractivity contribution is -0.114. The van der Waals surface area contributed by atoms with Crippen molar-refractivity contribution < 1.29 is 14.0 Å². The first-order valence-corrected chi connectivity index (χ1v) is 6.24. The molecule has 5 nitrogen and oxygen atoms in total. The molecule has 2 aromatic rings. The van der Waals surface area contributed by atoms with Gasteiger partial charge in [-0.15, -0.1) is 0 Å². The van der Waals surface area contributed by atoms with Crippen LogP contribution in [0.2, 0.25) is 0 Å². The van der Waals surface area contributed by atoms with E-state index >= 15 is 0 Å². The zero-order chi connectivity index (χ0) is 15.2. The maximum absolute atomic E-state index is 12.7. The Morgan fingerprint density at radius 3 is 1.57 bits per heavy atom. The number of rotatable bonds is 3. The van der Waals surface area contributed by atoms with Crippen molar-refractivity contribution in [2.75, 3.05) is 16.0 Å². The maximum Gasteiger partial charge on any atom is 0.323 e. The fourth-order valence-electron chi connectivity index (χ4n) is 1.67. The fourth-order valence-corrected chi connectivity index (χ4v) is 1.67. The molecule has 0 spiro atoms. The van der Waals surface area contributed by atoms with Crippen LogP contribution in [0.25, 0.3) is 0 Å². The van der Waals surface area contributed by atoms with Crippen LogP contribution in [0, 0.1) is 5.82 Å². The number of halogens is 1. The molecule has 0 heterocycles. The number of anilines is 3. The summed E-state index contributed by atoms with van der Waals surface area (Å²) in [5, 5.41) is 7.83. The molecule has 6 heteroatoms. The van der Waals surface area contributed by atoms with E-state index in [9.17, 15) is 14.0 Å². The Morgan fingerprint density at radius 2 is 1.14 bits per heavy atom. The van der Waals surface area contributed by atoms with Crippen molar-refractivity contribution in [1.82, 2.24) is 0 Å². The van der Waals surface area contributed by atoms with Crippen LogP contribution in [-0.2, 0) is 4.79 Å². The second kappa shape index (κ2) is 6.51. The summed E-state index contributed by atoms with van der Waals surface area (Å²) in [7, 11) is 0. The van der Waals surface area contributed by atoms with Crippen LogP contribution >= 0.6 is 0 Å². The molecule has 0 radical (unpaired) electrons. The summed E-state index contributed by atoms with van der Waals surface area (Å²) in [5.41, 5.74) is 1.71. The van der Waals surface area contributed by atoms with Crippen LogP contribution in [0.3, 0.4) is 0 Å². The Labute approximate surface area is 121 Å². The minimum atomic E-state index is -0.436. The standard InChI is InChI=1S/C15H14FN3O2/c1-10(20)17-12-6-8-14(9-7-12)19-15(21)18-13-4-2-11(16)3-5-13/h2-9H,1H3,(H,17,20)(H2,18,19,21). The second-order valence-corrected chi connectivity index (χ2v) is 4.34. The highest BCUT2D eigenvalue weighted by Crippen LogP contribution is 2.14. The third-order valence-electron chi connectivity index (χ3n) is 2.57. The SMILES string of the molecule is CC(=O)Nc1ccc(NC(=O)Nc2ccc(F)cc2)cc1. The normalized spacial score (nSPS) is 9.81. The summed E-state index contributed by atoms with van der Waals surface area (Å²) >= 11 is 0. The van der Waals surface area contributed by atoms with Crippen molar-refractivity contribution in [2.24, 2.45) is 0 Å². The summed E-state index contributed by atoms with van der Waals surface area (Å²) in [4.78, 5) is 22.6. The third kappa shape index (κ3) is 4.61. The molecule has 0 aromatic heterocycles. The molecule has 21 heavy (non-hydrogen) atoms. The van der Waals surface area contributed by atoms with E-state index in [1.807, 2.05) is 0 Å². The van der Waals surface area contributed by atoms with Gasteiger partial charge < -0.3 is 16.0 Å². The number of urea groups is 1. The highest BCUT2D eigenvalue weighted by molar-refractivity contribution is 6.00. The molecule has 3 N–H and O–H groups in total. The van der Waals surface area contributed by atoms with Crippen molar-refractivity contribution in [3.05, 3.63) is 54.3 Å². The first-order valence-electron chi connectivity index (χ1n) is 6.24. The summed E-state index contributed by atoms with van der Waals surface area (Å²) in [5.74, 6) is -0.528. The van der Waals surface area contributed by atoms with Gasteiger partial charge in [0.2, 0.25) is 5.91 Å². The van der Waals surface area contributed by atoms with Crippen LogP contribution in [-0.4, -0.2) is 11.9 Å². The van der Waals surface area contributed by atoms with Crippen LogP contribution < -0.4 is 16.0 Å². The molecule has 0 bridgehead atoms. The summed E-state index contributed by atoms with van der Waals surface area (Å²) in [6.45, 7) is 1.42. The van der Waals surface area contributed by atoms with Crippen LogP contribution in [0.15, 0.2) is 48.5 Å². The van der Waals surface area contributed by atoms with E-state index in [1.165, 1.54) is 31.2 Å². The first-order chi connectivity index (χ1) is 10.0. The molecule has 2 aromatic carbocycles. The Hall–Kier alpha value is -2.89. The van der Waals surface area contributed by atoms with Gasteiger partial charge >= 0.3 is 6.03 Å². The molecule has 2 rings (SSSR count). The van der Waals surface area contributed by atoms with Crippen LogP contribution in [0.5, 0.6) is 0 Å². The average Bonchev–Trinajstić information content (AvgIpc) is 2.43. The number of carbonyl (C=O) groups excluding carboxylic acids is 2. The fraction of sp³-hybridized carbons (Fsp3) is 0.0667. The van der Waals surface area contributed by atoms with Crippen molar-refractivity contribution in [2.45, 2.75) is 6.92 Å². The number of benzene rings is 2. The number of hydrogen-bond donors (Lipinski definition) is 3. The van der Waals surface area contributed by atoms with E-state index in [2.05, 4.69) is 16.0 Å². The van der Waals surface area contributed by atoms with Gasteiger partial charge in [0, 0.05) is 24.0 Å². The third-order valence-corrected chi connectivity index (χ3v) is 2.57. The van der Waals surface area contributed by atoms with E-state index < -0.39 is 6.03 Å². The first kappa shape index (κ1) is 14.5. The molecule has 0 saturated heterocycles. The Bertz CT molecular complexity index is 639. The molecule has 0 fully saturated rings. The molecular formula is C15H14FN3O2. The van der Waals surface area contributed by atoms with Crippen LogP contribution in [0.4, 0.5) is 26.2 Å². The van der Waals surface area contributed by atoms with Gasteiger partial charge in [-0.05, 0) is 48.5 Å². The Morgan fingerprint density at radius 1 is 0.762 bits per heavy atom. The van der Waals surface area contributed by atoms with E-state index in [0.29, 0.717) is 17.1 Å². The van der Waals surface area contributed by atoms with Crippen molar-refractivity contribution in [3.63, 3.8) is 0 Å². The minimum absolute atomic E-state index is 0.162. The number of hydrogen-bond acceptors (Lipinski definition) is 2. The van der Waals surface area contributed by atoms with Crippen LogP contribution in [0.1, 0.15) is 6.92 Å². The predicted octanol–water partition coefficient (Wildman–Crippen LogP) is 3.43. The maximum atomic E-state index is 12.7. The van der Waals surface area contributed by atoms with Gasteiger partial charge in [-0.1, -0.05) is 0 Å². The molecule has 0 unspecified atom stereocenters. The van der Waals surface area contributed by atoms with E-state index in [0.717, 1.165) is 0 Å². The van der Waals surface area contributed by atoms with Crippen molar-refractivity contribution in [1.29, 1.82) is 0 Å². The van der Waals surface area contributed by atoms with Gasteiger partial charge in [0.15, 0.2) is 0 Å². The summed E-state index contributed by atoms with van der Waals surface area (Å²) in [6, 6.07) is 11.7. The predicted molar refractivity (Wildman–Crippen MR) is 79.8 cm³/mol. The van der Waals surface area contributed by atoms with E-state index in [1.54, 1.807) is 24.3 Å². The van der Waals surface area contributed by atoms with Crippen molar-refractivity contribution >= 4 is 29.0 Å². The second-order valence-electron chi connectivity index (χ2n) is 4.34. The van der Waals surface area contributed by atoms with Gasteiger partial charge in [-0.25, -0.2) is 9.18 Å². The van der Waals surface area contributed by atoms with E-state index in [-0.39, 0.29) is 11.7 Å². The lowest BCUT2D eigenvalue weighted by Crippen LogP contribution is -2.19. The molecule has 0 aliphatic rings. The number of nitrogens with one attached hydrogen (secondary N) is 3. The van der Waals surface area contributed by atoms with Gasteiger partial charge in [0.1, 0.15) is 5.82 Å². The van der Waals surface area contributed by atoms with Crippen molar-refractivity contribution in [3.8, 4) is 0 Å². The molecule has 108 valence electrons. The zero-order valence-electron chi connectivity index (χ0n) is 11.3. The molecule has 0 aliphatic carbocycles. The summed E-state index contributed by atoms with van der Waals surface area (Å²) < 4.78 is 12.7. The Balaban J connectivity index is 1.93.